The largest absolute Gasteiger partial charge is 0.382 e. The van der Waals surface area contributed by atoms with Crippen LogP contribution in [0.1, 0.15) is 18.1 Å². The highest BCUT2D eigenvalue weighted by atomic mass is 31.1. The van der Waals surface area contributed by atoms with Gasteiger partial charge in [-0.1, -0.05) is 43.3 Å². The number of hydrogen-bond acceptors (Lipinski definition) is 5. The van der Waals surface area contributed by atoms with Gasteiger partial charge in [-0.05, 0) is 11.6 Å². The molecular weight excluding hydrogens is 435 g/mol. The van der Waals surface area contributed by atoms with Crippen LogP contribution >= 0.6 is 8.58 Å². The fraction of sp³-hybridized carbons (Fsp3) is 0.391. The van der Waals surface area contributed by atoms with Gasteiger partial charge in [0.05, 0.1) is 19.8 Å². The van der Waals surface area contributed by atoms with E-state index >= 15 is 0 Å². The molecule has 1 fully saturated rings. The fourth-order valence-electron chi connectivity index (χ4n) is 3.91. The molecule has 1 aliphatic rings. The molecule has 1 unspecified atom stereocenters. The first-order valence-electron chi connectivity index (χ1n) is 10.5. The van der Waals surface area contributed by atoms with Gasteiger partial charge in [-0.25, -0.2) is 18.4 Å². The SMILES string of the molecule is C[C@@H](PC1COC(Cc2ccccc2)OC1)[C@](O)(Cn1cncn1)c1ccc(F)cc1F. The Kier molecular flexibility index (Phi) is 7.26. The van der Waals surface area contributed by atoms with Crippen LogP contribution in [0.25, 0.3) is 0 Å². The molecule has 32 heavy (non-hydrogen) atoms. The molecule has 3 atom stereocenters. The van der Waals surface area contributed by atoms with Crippen molar-refractivity contribution in [3.05, 3.63) is 83.9 Å². The zero-order valence-electron chi connectivity index (χ0n) is 17.7. The molecular formula is C23H26F2N3O3P. The van der Waals surface area contributed by atoms with Gasteiger partial charge in [-0.15, -0.1) is 8.58 Å². The summed E-state index contributed by atoms with van der Waals surface area (Å²) >= 11 is 0. The van der Waals surface area contributed by atoms with Crippen molar-refractivity contribution in [2.75, 3.05) is 13.2 Å². The molecule has 0 amide bonds. The van der Waals surface area contributed by atoms with E-state index in [0.717, 1.165) is 17.7 Å². The lowest BCUT2D eigenvalue weighted by molar-refractivity contribution is -0.174. The Labute approximate surface area is 187 Å². The molecule has 2 aromatic carbocycles. The summed E-state index contributed by atoms with van der Waals surface area (Å²) in [6.45, 7) is 2.83. The highest BCUT2D eigenvalue weighted by Gasteiger charge is 2.40. The number of aromatic nitrogens is 3. The van der Waals surface area contributed by atoms with Gasteiger partial charge in [0.25, 0.3) is 0 Å². The lowest BCUT2D eigenvalue weighted by Crippen LogP contribution is -2.43. The normalized spacial score (nSPS) is 22.1. The smallest absolute Gasteiger partial charge is 0.161 e. The molecule has 1 N–H and O–H groups in total. The molecule has 0 saturated carbocycles. The Balaban J connectivity index is 1.44. The lowest BCUT2D eigenvalue weighted by atomic mass is 9.90. The predicted molar refractivity (Wildman–Crippen MR) is 118 cm³/mol. The number of hydrogen-bond donors (Lipinski definition) is 1. The molecule has 4 rings (SSSR count). The van der Waals surface area contributed by atoms with Gasteiger partial charge in [0.1, 0.15) is 29.9 Å². The maximum Gasteiger partial charge on any atom is 0.161 e. The topological polar surface area (TPSA) is 69.4 Å². The van der Waals surface area contributed by atoms with Crippen LogP contribution in [0.4, 0.5) is 8.78 Å². The lowest BCUT2D eigenvalue weighted by Gasteiger charge is -2.38. The number of rotatable bonds is 8. The number of ether oxygens (including phenoxy) is 2. The molecule has 1 saturated heterocycles. The van der Waals surface area contributed by atoms with Crippen LogP contribution in [0.3, 0.4) is 0 Å². The highest BCUT2D eigenvalue weighted by molar-refractivity contribution is 7.40. The third-order valence-electron chi connectivity index (χ3n) is 5.68. The summed E-state index contributed by atoms with van der Waals surface area (Å²) < 4.78 is 41.5. The molecule has 9 heteroatoms. The molecule has 0 aliphatic carbocycles. The molecule has 0 bridgehead atoms. The van der Waals surface area contributed by atoms with E-state index in [-0.39, 0.29) is 38.3 Å². The van der Waals surface area contributed by atoms with E-state index in [9.17, 15) is 13.9 Å². The van der Waals surface area contributed by atoms with Crippen LogP contribution in [0, 0.1) is 11.6 Å². The van der Waals surface area contributed by atoms with E-state index in [4.69, 9.17) is 9.47 Å². The molecule has 0 radical (unpaired) electrons. The van der Waals surface area contributed by atoms with Gasteiger partial charge in [0, 0.05) is 29.4 Å². The Morgan fingerprint density at radius 3 is 2.59 bits per heavy atom. The maximum absolute atomic E-state index is 14.7. The number of halogens is 2. The molecule has 2 heterocycles. The number of benzene rings is 2. The van der Waals surface area contributed by atoms with Crippen molar-refractivity contribution in [2.24, 2.45) is 0 Å². The van der Waals surface area contributed by atoms with Gasteiger partial charge < -0.3 is 14.6 Å². The van der Waals surface area contributed by atoms with Gasteiger partial charge in [0.15, 0.2) is 6.29 Å². The van der Waals surface area contributed by atoms with Crippen molar-refractivity contribution in [1.29, 1.82) is 0 Å². The van der Waals surface area contributed by atoms with Crippen LogP contribution in [-0.4, -0.2) is 50.7 Å². The van der Waals surface area contributed by atoms with Crippen molar-refractivity contribution < 1.29 is 23.4 Å². The van der Waals surface area contributed by atoms with Crippen LogP contribution in [-0.2, 0) is 28.0 Å². The minimum absolute atomic E-state index is 0.00517. The average molecular weight is 461 g/mol. The van der Waals surface area contributed by atoms with E-state index in [1.54, 1.807) is 0 Å². The summed E-state index contributed by atoms with van der Waals surface area (Å²) in [5.41, 5.74) is -0.739. The number of nitrogens with zero attached hydrogens (tertiary/aromatic N) is 3. The Hall–Kier alpha value is -2.25. The van der Waals surface area contributed by atoms with Crippen molar-refractivity contribution in [3.63, 3.8) is 0 Å². The summed E-state index contributed by atoms with van der Waals surface area (Å²) in [5, 5.41) is 15.7. The maximum atomic E-state index is 14.7. The minimum Gasteiger partial charge on any atom is -0.382 e. The quantitative estimate of drug-likeness (QED) is 0.520. The third-order valence-corrected chi connectivity index (χ3v) is 7.46. The highest BCUT2D eigenvalue weighted by Crippen LogP contribution is 2.42. The standard InChI is InChI=1S/C23H26F2N3O3P/c1-16(32-19-11-30-22(31-12-19)9-17-5-3-2-4-6-17)23(29,13-28-15-26-14-27-28)20-8-7-18(24)10-21(20)25/h2-8,10,14-16,19,22,29,32H,9,11-13H2,1H3/t16-,19?,22?,23-/m1/s1. The first-order valence-corrected chi connectivity index (χ1v) is 11.6. The van der Waals surface area contributed by atoms with E-state index in [1.165, 1.54) is 23.4 Å². The van der Waals surface area contributed by atoms with E-state index < -0.39 is 17.2 Å². The first-order chi connectivity index (χ1) is 15.4. The van der Waals surface area contributed by atoms with Crippen molar-refractivity contribution in [1.82, 2.24) is 14.8 Å². The summed E-state index contributed by atoms with van der Waals surface area (Å²) in [4.78, 5) is 3.90. The predicted octanol–water partition coefficient (Wildman–Crippen LogP) is 3.50. The van der Waals surface area contributed by atoms with E-state index in [2.05, 4.69) is 10.1 Å². The van der Waals surface area contributed by atoms with Crippen LogP contribution in [0.15, 0.2) is 61.2 Å². The zero-order valence-corrected chi connectivity index (χ0v) is 18.7. The summed E-state index contributed by atoms with van der Waals surface area (Å²) in [6.07, 6.45) is 3.17. The summed E-state index contributed by atoms with van der Waals surface area (Å²) in [7, 11) is 0.223. The van der Waals surface area contributed by atoms with Gasteiger partial charge in [0.2, 0.25) is 0 Å². The third kappa shape index (κ3) is 5.38. The molecule has 1 aromatic heterocycles. The van der Waals surface area contributed by atoms with Crippen molar-refractivity contribution in [3.8, 4) is 0 Å². The van der Waals surface area contributed by atoms with E-state index in [0.29, 0.717) is 19.6 Å². The fourth-order valence-corrected chi connectivity index (χ4v) is 5.53. The van der Waals surface area contributed by atoms with Crippen LogP contribution in [0.5, 0.6) is 0 Å². The second kappa shape index (κ2) is 10.1. The second-order valence-corrected chi connectivity index (χ2v) is 10.0. The molecule has 3 aromatic rings. The Bertz CT molecular complexity index is 1000. The molecule has 1 aliphatic heterocycles. The van der Waals surface area contributed by atoms with Gasteiger partial charge in [-0.3, -0.25) is 0 Å². The number of aliphatic hydroxyl groups is 1. The monoisotopic (exact) mass is 461 g/mol. The zero-order chi connectivity index (χ0) is 22.6. The van der Waals surface area contributed by atoms with Gasteiger partial charge >= 0.3 is 0 Å². The Morgan fingerprint density at radius 1 is 1.19 bits per heavy atom. The minimum atomic E-state index is -1.61. The second-order valence-electron chi connectivity index (χ2n) is 8.01. The van der Waals surface area contributed by atoms with Gasteiger partial charge in [-0.2, -0.15) is 5.10 Å². The summed E-state index contributed by atoms with van der Waals surface area (Å²) in [6, 6.07) is 13.2. The molecule has 170 valence electrons. The first kappa shape index (κ1) is 22.9. The Morgan fingerprint density at radius 2 is 1.94 bits per heavy atom. The van der Waals surface area contributed by atoms with Crippen LogP contribution < -0.4 is 0 Å². The molecule has 6 nitrogen and oxygen atoms in total. The van der Waals surface area contributed by atoms with E-state index in [1.807, 2.05) is 37.3 Å². The van der Waals surface area contributed by atoms with Crippen molar-refractivity contribution in [2.45, 2.75) is 43.1 Å². The average Bonchev–Trinajstić information content (AvgIpc) is 3.28. The van der Waals surface area contributed by atoms with Crippen LogP contribution in [0.2, 0.25) is 0 Å². The van der Waals surface area contributed by atoms with Crippen molar-refractivity contribution >= 4 is 8.58 Å². The summed E-state index contributed by atoms with van der Waals surface area (Å²) in [5.74, 6) is -1.48. The molecule has 0 spiro atoms.